The van der Waals surface area contributed by atoms with E-state index in [9.17, 15) is 23.1 Å². The molecule has 8 heteroatoms. The van der Waals surface area contributed by atoms with Crippen LogP contribution in [-0.4, -0.2) is 40.1 Å². The Balaban J connectivity index is 0.00000289. The number of hydrogen-bond acceptors (Lipinski definition) is 3. The monoisotopic (exact) mass is 437 g/mol. The number of carbonyl (C=O) groups excluding carboxylic acids is 1. The number of fused-ring (bicyclic) bond motifs is 2. The minimum atomic E-state index is -4.37. The average Bonchev–Trinajstić information content (AvgIpc) is 3.13. The highest BCUT2D eigenvalue weighted by Gasteiger charge is 2.44. The fourth-order valence-electron chi connectivity index (χ4n) is 5.06. The van der Waals surface area contributed by atoms with Gasteiger partial charge < -0.3 is 19.9 Å². The molecule has 1 aromatic heterocycles. The molecule has 0 aliphatic carbocycles. The minimum absolute atomic E-state index is 0. The van der Waals surface area contributed by atoms with Crippen LogP contribution < -0.4 is 5.32 Å². The van der Waals surface area contributed by atoms with E-state index in [0.29, 0.717) is 43.7 Å². The maximum atomic E-state index is 13.3. The number of halogens is 3. The topological polar surface area (TPSA) is 57.5 Å². The molecule has 1 saturated heterocycles. The molecule has 2 aliphatic heterocycles. The molecule has 170 valence electrons. The van der Waals surface area contributed by atoms with Gasteiger partial charge >= 0.3 is 6.18 Å². The number of aromatic nitrogens is 1. The summed E-state index contributed by atoms with van der Waals surface area (Å²) in [7, 11) is 0. The Bertz CT molecular complexity index is 1000. The molecule has 31 heavy (non-hydrogen) atoms. The summed E-state index contributed by atoms with van der Waals surface area (Å²) in [5.74, 6) is -0.0950. The van der Waals surface area contributed by atoms with Gasteiger partial charge in [-0.3, -0.25) is 4.79 Å². The summed E-state index contributed by atoms with van der Waals surface area (Å²) >= 11 is 0. The summed E-state index contributed by atoms with van der Waals surface area (Å²) in [6, 6.07) is 8.04. The number of aliphatic hydroxyl groups is 1. The van der Waals surface area contributed by atoms with Gasteiger partial charge in [0.15, 0.2) is 0 Å². The van der Waals surface area contributed by atoms with Gasteiger partial charge in [-0.15, -0.1) is 0 Å². The van der Waals surface area contributed by atoms with E-state index in [1.54, 1.807) is 43.0 Å². The van der Waals surface area contributed by atoms with E-state index in [4.69, 9.17) is 0 Å². The number of nitrogens with one attached hydrogen (secondary N) is 1. The number of alkyl halides is 3. The third kappa shape index (κ3) is 3.87. The SMILES string of the molecule is Cc1cc(C(=O)N2CCC3(CC2)NCCn2c(C(F)(F)F)ccc23)ccc1C(C)(C)O.[HH]. The van der Waals surface area contributed by atoms with Crippen LogP contribution in [0, 0.1) is 6.92 Å². The van der Waals surface area contributed by atoms with Crippen molar-refractivity contribution in [2.75, 3.05) is 19.6 Å². The number of likely N-dealkylation sites (tertiary alicyclic amines) is 1. The molecule has 3 heterocycles. The third-order valence-corrected chi connectivity index (χ3v) is 6.60. The molecule has 1 spiro atoms. The molecule has 1 aromatic carbocycles. The van der Waals surface area contributed by atoms with Crippen LogP contribution in [0.5, 0.6) is 0 Å². The predicted octanol–water partition coefficient (Wildman–Crippen LogP) is 4.02. The first-order valence-electron chi connectivity index (χ1n) is 10.6. The number of benzene rings is 1. The Morgan fingerprint density at radius 3 is 2.39 bits per heavy atom. The van der Waals surface area contributed by atoms with Gasteiger partial charge in [0, 0.05) is 38.9 Å². The van der Waals surface area contributed by atoms with Crippen LogP contribution in [0.3, 0.4) is 0 Å². The number of hydrogen-bond donors (Lipinski definition) is 2. The van der Waals surface area contributed by atoms with E-state index >= 15 is 0 Å². The van der Waals surface area contributed by atoms with Gasteiger partial charge in [-0.1, -0.05) is 6.07 Å². The second kappa shape index (κ2) is 7.38. The molecule has 1 fully saturated rings. The number of nitrogens with zero attached hydrogens (tertiary/aromatic N) is 2. The second-order valence-electron chi connectivity index (χ2n) is 9.14. The van der Waals surface area contributed by atoms with Crippen LogP contribution in [0.15, 0.2) is 30.3 Å². The molecule has 2 aliphatic rings. The van der Waals surface area contributed by atoms with Crippen molar-refractivity contribution < 1.29 is 24.5 Å². The largest absolute Gasteiger partial charge is 0.431 e. The van der Waals surface area contributed by atoms with Gasteiger partial charge in [-0.25, -0.2) is 0 Å². The van der Waals surface area contributed by atoms with Crippen LogP contribution in [0.4, 0.5) is 13.2 Å². The molecule has 2 aromatic rings. The first kappa shape index (κ1) is 21.9. The molecule has 0 unspecified atom stereocenters. The molecule has 0 atom stereocenters. The molecule has 2 N–H and O–H groups in total. The lowest BCUT2D eigenvalue weighted by Crippen LogP contribution is -2.56. The van der Waals surface area contributed by atoms with Crippen molar-refractivity contribution in [3.05, 3.63) is 58.4 Å². The van der Waals surface area contributed by atoms with Crippen LogP contribution in [0.2, 0.25) is 0 Å². The summed E-state index contributed by atoms with van der Waals surface area (Å²) in [6.45, 7) is 6.96. The highest BCUT2D eigenvalue weighted by Crippen LogP contribution is 2.40. The molecule has 4 rings (SSSR count). The smallest absolute Gasteiger partial charge is 0.386 e. The van der Waals surface area contributed by atoms with Gasteiger partial charge in [-0.05, 0) is 69.0 Å². The summed E-state index contributed by atoms with van der Waals surface area (Å²) < 4.78 is 41.4. The Morgan fingerprint density at radius 2 is 1.81 bits per heavy atom. The molecular formula is C23H30F3N3O2. The van der Waals surface area contributed by atoms with Gasteiger partial charge in [0.25, 0.3) is 5.91 Å². The lowest BCUT2D eigenvalue weighted by Gasteiger charge is -2.45. The zero-order valence-corrected chi connectivity index (χ0v) is 18.0. The average molecular weight is 438 g/mol. The predicted molar refractivity (Wildman–Crippen MR) is 113 cm³/mol. The second-order valence-corrected chi connectivity index (χ2v) is 9.14. The standard InChI is InChI=1S/C23H28F3N3O2.H2/c1-15-14-16(4-5-17(15)21(2,3)31)20(30)28-11-8-22(9-12-28)18-6-7-19(23(24,25)26)29(18)13-10-27-22;/h4-7,14,27,31H,8-13H2,1-3H3;1H. The first-order valence-corrected chi connectivity index (χ1v) is 10.6. The summed E-state index contributed by atoms with van der Waals surface area (Å²) in [5.41, 5.74) is 0.695. The highest BCUT2D eigenvalue weighted by molar-refractivity contribution is 5.94. The number of carbonyl (C=O) groups is 1. The summed E-state index contributed by atoms with van der Waals surface area (Å²) in [6.07, 6.45) is -3.26. The Hall–Kier alpha value is -2.32. The van der Waals surface area contributed by atoms with Gasteiger partial charge in [-0.2, -0.15) is 13.2 Å². The molecule has 5 nitrogen and oxygen atoms in total. The van der Waals surface area contributed by atoms with Gasteiger partial charge in [0.1, 0.15) is 5.69 Å². The van der Waals surface area contributed by atoms with Crippen molar-refractivity contribution in [3.63, 3.8) is 0 Å². The zero-order valence-electron chi connectivity index (χ0n) is 18.0. The Morgan fingerprint density at radius 1 is 1.13 bits per heavy atom. The van der Waals surface area contributed by atoms with Crippen molar-refractivity contribution in [2.24, 2.45) is 0 Å². The maximum Gasteiger partial charge on any atom is 0.431 e. The fraction of sp³-hybridized carbons (Fsp3) is 0.522. The van der Waals surface area contributed by atoms with Gasteiger partial charge in [0.2, 0.25) is 0 Å². The maximum absolute atomic E-state index is 13.3. The molecule has 0 radical (unpaired) electrons. The number of amides is 1. The van der Waals surface area contributed by atoms with Crippen molar-refractivity contribution >= 4 is 5.91 Å². The number of rotatable bonds is 2. The van der Waals surface area contributed by atoms with Gasteiger partial charge in [0.05, 0.1) is 11.1 Å². The van der Waals surface area contributed by atoms with E-state index in [-0.39, 0.29) is 13.9 Å². The van der Waals surface area contributed by atoms with Crippen molar-refractivity contribution in [2.45, 2.75) is 57.5 Å². The van der Waals surface area contributed by atoms with Crippen molar-refractivity contribution in [1.82, 2.24) is 14.8 Å². The summed E-state index contributed by atoms with van der Waals surface area (Å²) in [5, 5.41) is 13.7. The molecule has 0 bridgehead atoms. The van der Waals surface area contributed by atoms with E-state index in [1.807, 2.05) is 6.92 Å². The van der Waals surface area contributed by atoms with Crippen LogP contribution >= 0.6 is 0 Å². The highest BCUT2D eigenvalue weighted by atomic mass is 19.4. The van der Waals surface area contributed by atoms with E-state index < -0.39 is 23.0 Å². The Labute approximate surface area is 181 Å². The zero-order chi connectivity index (χ0) is 22.6. The minimum Gasteiger partial charge on any atom is -0.386 e. The van der Waals surface area contributed by atoms with Crippen LogP contribution in [0.25, 0.3) is 0 Å². The molecule has 1 amide bonds. The quantitative estimate of drug-likeness (QED) is 0.746. The van der Waals surface area contributed by atoms with E-state index in [0.717, 1.165) is 17.2 Å². The number of piperidine rings is 1. The first-order chi connectivity index (χ1) is 14.4. The van der Waals surface area contributed by atoms with Crippen molar-refractivity contribution in [1.29, 1.82) is 0 Å². The fourth-order valence-corrected chi connectivity index (χ4v) is 5.06. The normalized spacial score (nSPS) is 18.9. The third-order valence-electron chi connectivity index (χ3n) is 6.60. The number of aryl methyl sites for hydroxylation is 1. The Kier molecular flexibility index (Phi) is 5.21. The van der Waals surface area contributed by atoms with E-state index in [2.05, 4.69) is 5.32 Å². The summed E-state index contributed by atoms with van der Waals surface area (Å²) in [4.78, 5) is 14.8. The van der Waals surface area contributed by atoms with Crippen molar-refractivity contribution in [3.8, 4) is 0 Å². The lowest BCUT2D eigenvalue weighted by atomic mass is 9.82. The van der Waals surface area contributed by atoms with Crippen LogP contribution in [-0.2, 0) is 23.9 Å². The van der Waals surface area contributed by atoms with E-state index in [1.165, 1.54) is 4.57 Å². The van der Waals surface area contributed by atoms with Crippen LogP contribution in [0.1, 0.15) is 61.0 Å². The molecular weight excluding hydrogens is 407 g/mol. The molecule has 0 saturated carbocycles. The lowest BCUT2D eigenvalue weighted by molar-refractivity contribution is -0.144.